The number of nitrogens with zero attached hydrogens (tertiary/aromatic N) is 1. The van der Waals surface area contributed by atoms with Crippen molar-refractivity contribution in [2.24, 2.45) is 5.73 Å². The molecule has 0 bridgehead atoms. The summed E-state index contributed by atoms with van der Waals surface area (Å²) in [5.41, 5.74) is 6.68. The van der Waals surface area contributed by atoms with Crippen molar-refractivity contribution >= 4 is 40.5 Å². The molecule has 2 rings (SSSR count). The van der Waals surface area contributed by atoms with E-state index in [0.717, 1.165) is 25.2 Å². The summed E-state index contributed by atoms with van der Waals surface area (Å²) < 4.78 is 0. The van der Waals surface area contributed by atoms with Gasteiger partial charge in [-0.2, -0.15) is 0 Å². The third-order valence-electron chi connectivity index (χ3n) is 2.52. The van der Waals surface area contributed by atoms with Crippen LogP contribution in [0.1, 0.15) is 6.42 Å². The van der Waals surface area contributed by atoms with Crippen LogP contribution < -0.4 is 10.6 Å². The van der Waals surface area contributed by atoms with E-state index in [1.807, 2.05) is 0 Å². The van der Waals surface area contributed by atoms with E-state index in [1.165, 1.54) is 0 Å². The highest BCUT2D eigenvalue weighted by atomic mass is 35.5. The highest BCUT2D eigenvalue weighted by Gasteiger charge is 2.23. The van der Waals surface area contributed by atoms with E-state index in [9.17, 15) is 0 Å². The Morgan fingerprint density at radius 1 is 1.20 bits per heavy atom. The van der Waals surface area contributed by atoms with Crippen molar-refractivity contribution in [3.8, 4) is 0 Å². The average molecular weight is 266 g/mol. The summed E-state index contributed by atoms with van der Waals surface area (Å²) in [7, 11) is 0. The maximum Gasteiger partial charge on any atom is 0.0746 e. The molecule has 1 aromatic rings. The number of hydrogen-bond acceptors (Lipinski definition) is 2. The lowest BCUT2D eigenvalue weighted by Gasteiger charge is -2.21. The van der Waals surface area contributed by atoms with Crippen molar-refractivity contribution < 1.29 is 0 Å². The second-order valence-electron chi connectivity index (χ2n) is 3.71. The highest BCUT2D eigenvalue weighted by Crippen LogP contribution is 2.37. The maximum atomic E-state index is 6.11. The van der Waals surface area contributed by atoms with E-state index < -0.39 is 0 Å². The largest absolute Gasteiger partial charge is 0.368 e. The van der Waals surface area contributed by atoms with Crippen molar-refractivity contribution in [3.63, 3.8) is 0 Å². The van der Waals surface area contributed by atoms with E-state index in [0.29, 0.717) is 15.1 Å². The van der Waals surface area contributed by atoms with Crippen LogP contribution in [0.3, 0.4) is 0 Å². The minimum Gasteiger partial charge on any atom is -0.368 e. The molecule has 1 saturated heterocycles. The molecule has 1 aliphatic heterocycles. The van der Waals surface area contributed by atoms with Gasteiger partial charge in [0.1, 0.15) is 0 Å². The van der Waals surface area contributed by atoms with Gasteiger partial charge in [0.2, 0.25) is 0 Å². The molecule has 0 radical (unpaired) electrons. The molecule has 1 heterocycles. The van der Waals surface area contributed by atoms with Gasteiger partial charge in [-0.25, -0.2) is 0 Å². The molecule has 15 heavy (non-hydrogen) atoms. The lowest BCUT2D eigenvalue weighted by atomic mass is 10.3. The van der Waals surface area contributed by atoms with Crippen LogP contribution in [0.5, 0.6) is 0 Å². The summed E-state index contributed by atoms with van der Waals surface area (Å²) >= 11 is 18.1. The zero-order valence-corrected chi connectivity index (χ0v) is 10.3. The lowest BCUT2D eigenvalue weighted by Crippen LogP contribution is -2.26. The van der Waals surface area contributed by atoms with Gasteiger partial charge in [-0.3, -0.25) is 0 Å². The van der Waals surface area contributed by atoms with Gasteiger partial charge in [-0.1, -0.05) is 34.8 Å². The molecule has 2 N–H and O–H groups in total. The molecule has 1 fully saturated rings. The topological polar surface area (TPSA) is 29.3 Å². The molecular formula is C10H11Cl3N2. The Morgan fingerprint density at radius 2 is 1.80 bits per heavy atom. The first-order valence-electron chi connectivity index (χ1n) is 4.73. The van der Waals surface area contributed by atoms with E-state index in [4.69, 9.17) is 40.5 Å². The SMILES string of the molecule is N[C@@H]1CCN(c2c(Cl)cc(Cl)cc2Cl)C1. The molecule has 82 valence electrons. The number of benzene rings is 1. The highest BCUT2D eigenvalue weighted by molar-refractivity contribution is 6.41. The van der Waals surface area contributed by atoms with Gasteiger partial charge in [0, 0.05) is 24.2 Å². The van der Waals surface area contributed by atoms with Gasteiger partial charge >= 0.3 is 0 Å². The van der Waals surface area contributed by atoms with Crippen molar-refractivity contribution in [2.75, 3.05) is 18.0 Å². The van der Waals surface area contributed by atoms with Crippen LogP contribution in [-0.4, -0.2) is 19.1 Å². The summed E-state index contributed by atoms with van der Waals surface area (Å²) in [4.78, 5) is 2.10. The molecule has 0 unspecified atom stereocenters. The van der Waals surface area contributed by atoms with Crippen LogP contribution in [0.15, 0.2) is 12.1 Å². The van der Waals surface area contributed by atoms with Crippen molar-refractivity contribution in [3.05, 3.63) is 27.2 Å². The zero-order valence-electron chi connectivity index (χ0n) is 8.01. The van der Waals surface area contributed by atoms with E-state index in [2.05, 4.69) is 4.90 Å². The van der Waals surface area contributed by atoms with Gasteiger partial charge in [-0.05, 0) is 18.6 Å². The fourth-order valence-electron chi connectivity index (χ4n) is 1.83. The Hall–Kier alpha value is -0.150. The number of anilines is 1. The fourth-order valence-corrected chi connectivity index (χ4v) is 2.88. The van der Waals surface area contributed by atoms with Crippen molar-refractivity contribution in [1.82, 2.24) is 0 Å². The van der Waals surface area contributed by atoms with Crippen LogP contribution in [0.25, 0.3) is 0 Å². The molecule has 5 heteroatoms. The first-order valence-corrected chi connectivity index (χ1v) is 5.86. The smallest absolute Gasteiger partial charge is 0.0746 e. The molecule has 1 aliphatic rings. The third kappa shape index (κ3) is 2.34. The first-order chi connectivity index (χ1) is 7.08. The maximum absolute atomic E-state index is 6.11. The van der Waals surface area contributed by atoms with Gasteiger partial charge in [0.15, 0.2) is 0 Å². The van der Waals surface area contributed by atoms with Crippen LogP contribution in [0.4, 0.5) is 5.69 Å². The third-order valence-corrected chi connectivity index (χ3v) is 3.32. The number of nitrogens with two attached hydrogens (primary N) is 1. The van der Waals surface area contributed by atoms with E-state index in [-0.39, 0.29) is 6.04 Å². The van der Waals surface area contributed by atoms with Gasteiger partial charge < -0.3 is 10.6 Å². The zero-order chi connectivity index (χ0) is 11.0. The van der Waals surface area contributed by atoms with Gasteiger partial charge in [-0.15, -0.1) is 0 Å². The summed E-state index contributed by atoms with van der Waals surface area (Å²) in [5.74, 6) is 0. The molecule has 0 saturated carbocycles. The van der Waals surface area contributed by atoms with Crippen LogP contribution in [0.2, 0.25) is 15.1 Å². The predicted octanol–water partition coefficient (Wildman–Crippen LogP) is 3.18. The summed E-state index contributed by atoms with van der Waals surface area (Å²) in [5, 5.41) is 1.72. The Bertz CT molecular complexity index is 358. The Kier molecular flexibility index (Phi) is 3.31. The van der Waals surface area contributed by atoms with E-state index in [1.54, 1.807) is 12.1 Å². The number of halogens is 3. The van der Waals surface area contributed by atoms with Gasteiger partial charge in [0.25, 0.3) is 0 Å². The fraction of sp³-hybridized carbons (Fsp3) is 0.400. The van der Waals surface area contributed by atoms with Crippen LogP contribution in [-0.2, 0) is 0 Å². The summed E-state index contributed by atoms with van der Waals surface area (Å²) in [6.07, 6.45) is 0.968. The lowest BCUT2D eigenvalue weighted by molar-refractivity contribution is 0.752. The summed E-state index contributed by atoms with van der Waals surface area (Å²) in [6, 6.07) is 3.61. The Balaban J connectivity index is 2.35. The summed E-state index contributed by atoms with van der Waals surface area (Å²) in [6.45, 7) is 1.68. The van der Waals surface area contributed by atoms with Gasteiger partial charge in [0.05, 0.1) is 15.7 Å². The molecule has 0 aliphatic carbocycles. The van der Waals surface area contributed by atoms with Crippen molar-refractivity contribution in [1.29, 1.82) is 0 Å². The molecule has 0 amide bonds. The Labute approximate surface area is 104 Å². The normalized spacial score (nSPS) is 21.1. The first kappa shape index (κ1) is 11.3. The monoisotopic (exact) mass is 264 g/mol. The number of rotatable bonds is 1. The second-order valence-corrected chi connectivity index (χ2v) is 4.96. The molecule has 2 nitrogen and oxygen atoms in total. The standard InChI is InChI=1S/C10H11Cl3N2/c11-6-3-8(12)10(9(13)4-6)15-2-1-7(14)5-15/h3-4,7H,1-2,5,14H2/t7-/m1/s1. The molecule has 0 spiro atoms. The molecular weight excluding hydrogens is 254 g/mol. The van der Waals surface area contributed by atoms with Crippen molar-refractivity contribution in [2.45, 2.75) is 12.5 Å². The predicted molar refractivity (Wildman–Crippen MR) is 66.3 cm³/mol. The molecule has 1 atom stereocenters. The van der Waals surface area contributed by atoms with E-state index >= 15 is 0 Å². The minimum absolute atomic E-state index is 0.202. The second kappa shape index (κ2) is 4.38. The minimum atomic E-state index is 0.202. The molecule has 1 aromatic carbocycles. The number of hydrogen-bond donors (Lipinski definition) is 1. The average Bonchev–Trinajstić information content (AvgIpc) is 2.49. The Morgan fingerprint density at radius 3 is 2.27 bits per heavy atom. The molecule has 0 aromatic heterocycles. The van der Waals surface area contributed by atoms with Crippen LogP contribution in [0, 0.1) is 0 Å². The quantitative estimate of drug-likeness (QED) is 0.845. The van der Waals surface area contributed by atoms with Crippen LogP contribution >= 0.6 is 34.8 Å².